The molecule has 0 fully saturated rings. The molecular formula is C21H21NO3. The second-order valence-corrected chi connectivity index (χ2v) is 6.57. The first kappa shape index (κ1) is 15.8. The fraction of sp³-hybridized carbons (Fsp3) is 0.286. The second-order valence-electron chi connectivity index (χ2n) is 6.57. The molecule has 0 bridgehead atoms. The summed E-state index contributed by atoms with van der Waals surface area (Å²) in [5.41, 5.74) is 4.57. The van der Waals surface area contributed by atoms with E-state index in [0.29, 0.717) is 17.1 Å². The Hall–Kier alpha value is -2.75. The maximum Gasteiger partial charge on any atom is 0.287 e. The third kappa shape index (κ3) is 2.88. The molecule has 1 aromatic heterocycles. The second kappa shape index (κ2) is 6.28. The quantitative estimate of drug-likeness (QED) is 0.768. The molecule has 4 nitrogen and oxygen atoms in total. The highest BCUT2D eigenvalue weighted by atomic mass is 16.5. The molecule has 1 aliphatic rings. The summed E-state index contributed by atoms with van der Waals surface area (Å²) < 4.78 is 11.0. The number of fused-ring (bicyclic) bond motifs is 2. The van der Waals surface area contributed by atoms with E-state index in [0.717, 1.165) is 23.8 Å². The highest BCUT2D eigenvalue weighted by Crippen LogP contribution is 2.29. The van der Waals surface area contributed by atoms with Gasteiger partial charge in [-0.2, -0.15) is 0 Å². The maximum atomic E-state index is 12.6. The number of aryl methyl sites for hydroxylation is 2. The van der Waals surface area contributed by atoms with Gasteiger partial charge in [0.15, 0.2) is 17.1 Å². The molecule has 3 aromatic rings. The van der Waals surface area contributed by atoms with Crippen molar-refractivity contribution in [1.29, 1.82) is 0 Å². The molecule has 0 saturated heterocycles. The minimum absolute atomic E-state index is 0.0755. The number of methoxy groups -OCH3 is 1. The van der Waals surface area contributed by atoms with Crippen molar-refractivity contribution >= 4 is 16.9 Å². The lowest BCUT2D eigenvalue weighted by atomic mass is 10.0. The van der Waals surface area contributed by atoms with Crippen molar-refractivity contribution in [3.05, 3.63) is 64.9 Å². The molecule has 0 aliphatic heterocycles. The molecule has 0 saturated carbocycles. The molecule has 1 N–H and O–H groups in total. The van der Waals surface area contributed by atoms with Crippen LogP contribution < -0.4 is 10.1 Å². The lowest BCUT2D eigenvalue weighted by molar-refractivity contribution is 0.0914. The molecular weight excluding hydrogens is 314 g/mol. The fourth-order valence-corrected chi connectivity index (χ4v) is 3.52. The van der Waals surface area contributed by atoms with Gasteiger partial charge in [-0.3, -0.25) is 4.79 Å². The van der Waals surface area contributed by atoms with Gasteiger partial charge < -0.3 is 14.5 Å². The highest BCUT2D eigenvalue weighted by molar-refractivity contribution is 5.97. The van der Waals surface area contributed by atoms with Crippen LogP contribution in [-0.2, 0) is 12.8 Å². The van der Waals surface area contributed by atoms with E-state index in [1.54, 1.807) is 13.2 Å². The Morgan fingerprint density at radius 3 is 2.84 bits per heavy atom. The van der Waals surface area contributed by atoms with Crippen molar-refractivity contribution in [1.82, 2.24) is 5.32 Å². The van der Waals surface area contributed by atoms with Crippen LogP contribution in [0.15, 0.2) is 46.9 Å². The number of amides is 1. The predicted octanol–water partition coefficient (Wildman–Crippen LogP) is 4.42. The number of rotatable bonds is 4. The predicted molar refractivity (Wildman–Crippen MR) is 97.1 cm³/mol. The Bertz CT molecular complexity index is 941. The van der Waals surface area contributed by atoms with Crippen LogP contribution >= 0.6 is 0 Å². The number of furan rings is 1. The minimum Gasteiger partial charge on any atom is -0.493 e. The standard InChI is InChI=1S/C21H21NO3/c1-13(15-10-9-14-5-3-6-16(14)11-15)22-21(23)19-12-17-7-4-8-18(24-2)20(17)25-19/h4,7-13H,3,5-6H2,1-2H3,(H,22,23)/t13-/m1/s1. The van der Waals surface area contributed by atoms with Crippen molar-refractivity contribution in [3.63, 3.8) is 0 Å². The van der Waals surface area contributed by atoms with Crippen LogP contribution in [0, 0.1) is 0 Å². The molecule has 1 amide bonds. The Kier molecular flexibility index (Phi) is 3.96. The summed E-state index contributed by atoms with van der Waals surface area (Å²) in [6.07, 6.45) is 3.52. The van der Waals surface area contributed by atoms with E-state index in [1.807, 2.05) is 25.1 Å². The number of nitrogens with one attached hydrogen (secondary N) is 1. The summed E-state index contributed by atoms with van der Waals surface area (Å²) in [6, 6.07) is 13.8. The van der Waals surface area contributed by atoms with Crippen molar-refractivity contribution in [2.45, 2.75) is 32.2 Å². The summed E-state index contributed by atoms with van der Waals surface area (Å²) in [5.74, 6) is 0.710. The van der Waals surface area contributed by atoms with Crippen LogP contribution in [0.5, 0.6) is 5.75 Å². The fourth-order valence-electron chi connectivity index (χ4n) is 3.52. The third-order valence-electron chi connectivity index (χ3n) is 4.92. The molecule has 1 heterocycles. The zero-order valence-electron chi connectivity index (χ0n) is 14.5. The molecule has 2 aromatic carbocycles. The minimum atomic E-state index is -0.216. The first-order chi connectivity index (χ1) is 12.2. The van der Waals surface area contributed by atoms with Gasteiger partial charge in [-0.05, 0) is 55.0 Å². The SMILES string of the molecule is COc1cccc2cc(C(=O)N[C@H](C)c3ccc4c(c3)CCC4)oc12. The number of hydrogen-bond donors (Lipinski definition) is 1. The van der Waals surface area contributed by atoms with Gasteiger partial charge in [0.25, 0.3) is 5.91 Å². The highest BCUT2D eigenvalue weighted by Gasteiger charge is 2.19. The van der Waals surface area contributed by atoms with Crippen LogP contribution in [0.2, 0.25) is 0 Å². The number of carbonyl (C=O) groups excluding carboxylic acids is 1. The normalized spacial score (nSPS) is 14.3. The van der Waals surface area contributed by atoms with Gasteiger partial charge >= 0.3 is 0 Å². The van der Waals surface area contributed by atoms with Crippen molar-refractivity contribution in [3.8, 4) is 5.75 Å². The van der Waals surface area contributed by atoms with Crippen LogP contribution in [0.3, 0.4) is 0 Å². The average molecular weight is 335 g/mol. The van der Waals surface area contributed by atoms with Gasteiger partial charge in [-0.15, -0.1) is 0 Å². The van der Waals surface area contributed by atoms with Gasteiger partial charge in [-0.1, -0.05) is 30.3 Å². The third-order valence-corrected chi connectivity index (χ3v) is 4.92. The Balaban J connectivity index is 1.55. The molecule has 4 heteroatoms. The molecule has 128 valence electrons. The number of para-hydroxylation sites is 1. The maximum absolute atomic E-state index is 12.6. The van der Waals surface area contributed by atoms with Crippen LogP contribution in [0.1, 0.15) is 46.6 Å². The topological polar surface area (TPSA) is 51.5 Å². The van der Waals surface area contributed by atoms with E-state index in [4.69, 9.17) is 9.15 Å². The van der Waals surface area contributed by atoms with E-state index in [2.05, 4.69) is 23.5 Å². The van der Waals surface area contributed by atoms with Crippen molar-refractivity contribution in [2.24, 2.45) is 0 Å². The van der Waals surface area contributed by atoms with Crippen LogP contribution in [0.25, 0.3) is 11.0 Å². The van der Waals surface area contributed by atoms with E-state index >= 15 is 0 Å². The largest absolute Gasteiger partial charge is 0.493 e. The summed E-state index contributed by atoms with van der Waals surface area (Å²) in [4.78, 5) is 12.6. The van der Waals surface area contributed by atoms with Crippen molar-refractivity contribution < 1.29 is 13.9 Å². The molecule has 0 unspecified atom stereocenters. The summed E-state index contributed by atoms with van der Waals surface area (Å²) in [7, 11) is 1.59. The molecule has 1 atom stereocenters. The Morgan fingerprint density at radius 1 is 1.16 bits per heavy atom. The zero-order chi connectivity index (χ0) is 17.4. The smallest absolute Gasteiger partial charge is 0.287 e. The molecule has 1 aliphatic carbocycles. The van der Waals surface area contributed by atoms with Gasteiger partial charge in [0.05, 0.1) is 13.2 Å². The van der Waals surface area contributed by atoms with Gasteiger partial charge in [0.1, 0.15) is 0 Å². The number of ether oxygens (including phenoxy) is 1. The van der Waals surface area contributed by atoms with Gasteiger partial charge in [0.2, 0.25) is 0 Å². The molecule has 4 rings (SSSR count). The van der Waals surface area contributed by atoms with E-state index in [9.17, 15) is 4.79 Å². The van der Waals surface area contributed by atoms with E-state index in [1.165, 1.54) is 17.5 Å². The van der Waals surface area contributed by atoms with Crippen LogP contribution in [-0.4, -0.2) is 13.0 Å². The molecule has 25 heavy (non-hydrogen) atoms. The number of carbonyl (C=O) groups is 1. The van der Waals surface area contributed by atoms with E-state index in [-0.39, 0.29) is 11.9 Å². The lowest BCUT2D eigenvalue weighted by Crippen LogP contribution is -2.26. The van der Waals surface area contributed by atoms with E-state index < -0.39 is 0 Å². The average Bonchev–Trinajstić information content (AvgIpc) is 3.26. The zero-order valence-corrected chi connectivity index (χ0v) is 14.5. The Morgan fingerprint density at radius 2 is 2.00 bits per heavy atom. The lowest BCUT2D eigenvalue weighted by Gasteiger charge is -2.14. The summed E-state index contributed by atoms with van der Waals surface area (Å²) in [5, 5.41) is 3.88. The Labute approximate surface area is 146 Å². The monoisotopic (exact) mass is 335 g/mol. The number of hydrogen-bond acceptors (Lipinski definition) is 3. The molecule has 0 radical (unpaired) electrons. The summed E-state index contributed by atoms with van der Waals surface area (Å²) in [6.45, 7) is 2.00. The molecule has 0 spiro atoms. The summed E-state index contributed by atoms with van der Waals surface area (Å²) >= 11 is 0. The first-order valence-corrected chi connectivity index (χ1v) is 8.65. The van der Waals surface area contributed by atoms with Crippen LogP contribution in [0.4, 0.5) is 0 Å². The number of benzene rings is 2. The van der Waals surface area contributed by atoms with Crippen molar-refractivity contribution in [2.75, 3.05) is 7.11 Å². The van der Waals surface area contributed by atoms with Gasteiger partial charge in [0, 0.05) is 5.39 Å². The van der Waals surface area contributed by atoms with Gasteiger partial charge in [-0.25, -0.2) is 0 Å². The first-order valence-electron chi connectivity index (χ1n) is 8.65.